The van der Waals surface area contributed by atoms with Gasteiger partial charge in [-0.25, -0.2) is 10.3 Å². The minimum Gasteiger partial charge on any atom is -0.338 e. The van der Waals surface area contributed by atoms with Gasteiger partial charge in [0, 0.05) is 10.6 Å². The molecular formula is C21H16ClN3O3. The van der Waals surface area contributed by atoms with Crippen molar-refractivity contribution in [2.75, 3.05) is 5.48 Å². The Morgan fingerprint density at radius 3 is 2.43 bits per heavy atom. The first-order chi connectivity index (χ1) is 13.5. The predicted molar refractivity (Wildman–Crippen MR) is 107 cm³/mol. The monoisotopic (exact) mass is 393 g/mol. The van der Waals surface area contributed by atoms with Crippen molar-refractivity contribution in [2.45, 2.75) is 6.92 Å². The van der Waals surface area contributed by atoms with Crippen molar-refractivity contribution in [3.8, 4) is 0 Å². The zero-order valence-electron chi connectivity index (χ0n) is 14.9. The average Bonchev–Trinajstić information content (AvgIpc) is 2.71. The molecule has 0 radical (unpaired) electrons. The highest BCUT2D eigenvalue weighted by Crippen LogP contribution is 2.18. The Kier molecular flexibility index (Phi) is 6.14. The van der Waals surface area contributed by atoms with Gasteiger partial charge in [0.15, 0.2) is 0 Å². The van der Waals surface area contributed by atoms with Crippen molar-refractivity contribution in [1.82, 2.24) is 0 Å². The number of halogens is 1. The quantitative estimate of drug-likeness (QED) is 0.441. The van der Waals surface area contributed by atoms with E-state index in [0.717, 1.165) is 5.56 Å². The number of benzene rings is 3. The lowest BCUT2D eigenvalue weighted by atomic mass is 10.1. The fraction of sp³-hybridized carbons (Fsp3) is 0.0476. The van der Waals surface area contributed by atoms with Gasteiger partial charge in [0.05, 0.1) is 16.9 Å². The molecule has 0 saturated carbocycles. The molecule has 28 heavy (non-hydrogen) atoms. The summed E-state index contributed by atoms with van der Waals surface area (Å²) in [5, 5.41) is 8.04. The Morgan fingerprint density at radius 1 is 0.964 bits per heavy atom. The normalized spacial score (nSPS) is 10.6. The van der Waals surface area contributed by atoms with E-state index in [1.807, 2.05) is 19.1 Å². The lowest BCUT2D eigenvalue weighted by molar-refractivity contribution is 0.0595. The zero-order chi connectivity index (χ0) is 19.9. The van der Waals surface area contributed by atoms with E-state index in [2.05, 4.69) is 15.7 Å². The van der Waals surface area contributed by atoms with Crippen LogP contribution in [0.1, 0.15) is 26.3 Å². The molecule has 0 spiro atoms. The van der Waals surface area contributed by atoms with Crippen molar-refractivity contribution in [2.24, 2.45) is 10.2 Å². The Bertz CT molecular complexity index is 1030. The van der Waals surface area contributed by atoms with Gasteiger partial charge in [0.2, 0.25) is 0 Å². The van der Waals surface area contributed by atoms with Crippen LogP contribution < -0.4 is 5.48 Å². The van der Waals surface area contributed by atoms with Gasteiger partial charge in [-0.3, -0.25) is 4.79 Å². The van der Waals surface area contributed by atoms with Crippen LogP contribution in [0.4, 0.5) is 11.4 Å². The van der Waals surface area contributed by atoms with Crippen molar-refractivity contribution in [1.29, 1.82) is 0 Å². The summed E-state index contributed by atoms with van der Waals surface area (Å²) in [7, 11) is 0. The van der Waals surface area contributed by atoms with E-state index < -0.39 is 11.9 Å². The van der Waals surface area contributed by atoms with Gasteiger partial charge < -0.3 is 4.84 Å². The number of azo groups is 1. The zero-order valence-corrected chi connectivity index (χ0v) is 15.7. The largest absolute Gasteiger partial charge is 0.363 e. The van der Waals surface area contributed by atoms with Gasteiger partial charge in [-0.05, 0) is 61.0 Å². The minimum atomic E-state index is -0.489. The third kappa shape index (κ3) is 5.02. The van der Waals surface area contributed by atoms with Crippen molar-refractivity contribution in [3.63, 3.8) is 0 Å². The maximum atomic E-state index is 12.1. The SMILES string of the molecule is Cc1ccccc1C(=O)ONc1ccc(N=NC(=O)c2cccc(Cl)c2)cc1. The maximum Gasteiger partial charge on any atom is 0.363 e. The Morgan fingerprint density at radius 2 is 1.71 bits per heavy atom. The third-order valence-corrected chi connectivity index (χ3v) is 4.06. The number of carbonyl (C=O) groups excluding carboxylic acids is 2. The van der Waals surface area contributed by atoms with Crippen LogP contribution in [0.2, 0.25) is 5.02 Å². The fourth-order valence-corrected chi connectivity index (χ4v) is 2.53. The summed E-state index contributed by atoms with van der Waals surface area (Å²) in [5.41, 5.74) is 5.30. The summed E-state index contributed by atoms with van der Waals surface area (Å²) >= 11 is 5.86. The number of aryl methyl sites for hydroxylation is 1. The van der Waals surface area contributed by atoms with Crippen LogP contribution in [0.5, 0.6) is 0 Å². The van der Waals surface area contributed by atoms with Gasteiger partial charge in [-0.15, -0.1) is 10.2 Å². The summed E-state index contributed by atoms with van der Waals surface area (Å²) in [6, 6.07) is 20.2. The first-order valence-corrected chi connectivity index (χ1v) is 8.75. The van der Waals surface area contributed by atoms with Crippen LogP contribution in [0.3, 0.4) is 0 Å². The van der Waals surface area contributed by atoms with Crippen LogP contribution in [-0.2, 0) is 4.84 Å². The van der Waals surface area contributed by atoms with E-state index >= 15 is 0 Å². The van der Waals surface area contributed by atoms with Crippen LogP contribution in [-0.4, -0.2) is 11.9 Å². The number of amides is 1. The van der Waals surface area contributed by atoms with Gasteiger partial charge in [-0.2, -0.15) is 0 Å². The predicted octanol–water partition coefficient (Wildman–Crippen LogP) is 5.76. The summed E-state index contributed by atoms with van der Waals surface area (Å²) in [6.07, 6.45) is 0. The summed E-state index contributed by atoms with van der Waals surface area (Å²) in [6.45, 7) is 1.83. The Labute approximate surface area is 166 Å². The molecule has 0 fully saturated rings. The van der Waals surface area contributed by atoms with Gasteiger partial charge in [0.25, 0.3) is 5.91 Å². The molecule has 1 amide bonds. The molecule has 3 rings (SSSR count). The van der Waals surface area contributed by atoms with E-state index in [1.54, 1.807) is 54.6 Å². The molecule has 0 heterocycles. The van der Waals surface area contributed by atoms with Crippen LogP contribution in [0, 0.1) is 6.92 Å². The van der Waals surface area contributed by atoms with Gasteiger partial charge >= 0.3 is 5.97 Å². The fourth-order valence-electron chi connectivity index (χ4n) is 2.34. The first kappa shape index (κ1) is 19.3. The standard InChI is InChI=1S/C21H16ClN3O3/c1-14-5-2-3-8-19(14)21(27)28-25-18-11-9-17(10-12-18)23-24-20(26)15-6-4-7-16(22)13-15/h2-13,25H,1H3. The van der Waals surface area contributed by atoms with Crippen molar-refractivity contribution in [3.05, 3.63) is 94.5 Å². The first-order valence-electron chi connectivity index (χ1n) is 8.37. The third-order valence-electron chi connectivity index (χ3n) is 3.82. The second-order valence-corrected chi connectivity index (χ2v) is 6.31. The highest BCUT2D eigenvalue weighted by Gasteiger charge is 2.10. The molecule has 0 saturated heterocycles. The van der Waals surface area contributed by atoms with E-state index in [4.69, 9.17) is 16.4 Å². The maximum absolute atomic E-state index is 12.1. The second kappa shape index (κ2) is 8.92. The van der Waals surface area contributed by atoms with E-state index in [1.165, 1.54) is 6.07 Å². The molecular weight excluding hydrogens is 378 g/mol. The van der Waals surface area contributed by atoms with Crippen molar-refractivity contribution < 1.29 is 14.4 Å². The number of nitrogens with one attached hydrogen (secondary N) is 1. The number of rotatable bonds is 5. The number of nitrogens with zero attached hydrogens (tertiary/aromatic N) is 2. The molecule has 0 atom stereocenters. The van der Waals surface area contributed by atoms with E-state index in [9.17, 15) is 9.59 Å². The average molecular weight is 394 g/mol. The molecule has 3 aromatic rings. The highest BCUT2D eigenvalue weighted by molar-refractivity contribution is 6.30. The molecule has 0 aliphatic rings. The molecule has 6 nitrogen and oxygen atoms in total. The van der Waals surface area contributed by atoms with E-state index in [-0.39, 0.29) is 0 Å². The topological polar surface area (TPSA) is 80.1 Å². The Hall–Kier alpha value is -3.51. The second-order valence-electron chi connectivity index (χ2n) is 5.87. The highest BCUT2D eigenvalue weighted by atomic mass is 35.5. The molecule has 0 bridgehead atoms. The van der Waals surface area contributed by atoms with E-state index in [0.29, 0.717) is 27.5 Å². The molecule has 3 aromatic carbocycles. The lowest BCUT2D eigenvalue weighted by Crippen LogP contribution is -2.11. The minimum absolute atomic E-state index is 0.359. The molecule has 140 valence electrons. The van der Waals surface area contributed by atoms with Crippen LogP contribution >= 0.6 is 11.6 Å². The molecule has 0 unspecified atom stereocenters. The number of anilines is 1. The number of hydrogen-bond donors (Lipinski definition) is 1. The molecule has 0 aliphatic carbocycles. The molecule has 7 heteroatoms. The summed E-state index contributed by atoms with van der Waals surface area (Å²) < 4.78 is 0. The number of carbonyl (C=O) groups is 2. The lowest BCUT2D eigenvalue weighted by Gasteiger charge is -2.08. The van der Waals surface area contributed by atoms with Gasteiger partial charge in [0.1, 0.15) is 0 Å². The molecule has 1 N–H and O–H groups in total. The summed E-state index contributed by atoms with van der Waals surface area (Å²) in [5.74, 6) is -0.967. The van der Waals surface area contributed by atoms with Crippen molar-refractivity contribution >= 4 is 34.9 Å². The molecule has 0 aromatic heterocycles. The van der Waals surface area contributed by atoms with Crippen LogP contribution in [0.25, 0.3) is 0 Å². The van der Waals surface area contributed by atoms with Crippen LogP contribution in [0.15, 0.2) is 83.0 Å². The Balaban J connectivity index is 1.58. The smallest absolute Gasteiger partial charge is 0.338 e. The molecule has 0 aliphatic heterocycles. The summed E-state index contributed by atoms with van der Waals surface area (Å²) in [4.78, 5) is 29.2. The number of hydrogen-bond acceptors (Lipinski definition) is 5. The van der Waals surface area contributed by atoms with Gasteiger partial charge in [-0.1, -0.05) is 35.9 Å².